The predicted molar refractivity (Wildman–Crippen MR) is 67.1 cm³/mol. The highest BCUT2D eigenvalue weighted by atomic mass is 15.0. The summed E-state index contributed by atoms with van der Waals surface area (Å²) >= 11 is 0. The SMILES string of the molecule is CCCNC1=C(C)CC=CC(CCC)=N1. The average Bonchev–Trinajstić information content (AvgIpc) is 2.39. The maximum absolute atomic E-state index is 4.68. The molecule has 1 rings (SSSR count). The molecule has 0 aromatic heterocycles. The van der Waals surface area contributed by atoms with Crippen LogP contribution in [0.2, 0.25) is 0 Å². The fourth-order valence-corrected chi connectivity index (χ4v) is 1.57. The first-order valence-electron chi connectivity index (χ1n) is 5.95. The van der Waals surface area contributed by atoms with Crippen LogP contribution in [0.25, 0.3) is 0 Å². The van der Waals surface area contributed by atoms with E-state index in [0.29, 0.717) is 0 Å². The summed E-state index contributed by atoms with van der Waals surface area (Å²) in [5.41, 5.74) is 2.54. The van der Waals surface area contributed by atoms with E-state index in [4.69, 9.17) is 0 Å². The first-order chi connectivity index (χ1) is 7.27. The molecule has 84 valence electrons. The topological polar surface area (TPSA) is 24.4 Å². The summed E-state index contributed by atoms with van der Waals surface area (Å²) in [4.78, 5) is 4.68. The molecule has 0 unspecified atom stereocenters. The van der Waals surface area contributed by atoms with Crippen molar-refractivity contribution in [2.45, 2.75) is 46.5 Å². The third-order valence-corrected chi connectivity index (χ3v) is 2.44. The minimum absolute atomic E-state index is 1.01. The maximum Gasteiger partial charge on any atom is 0.125 e. The second kappa shape index (κ2) is 6.44. The van der Waals surface area contributed by atoms with Crippen LogP contribution >= 0.6 is 0 Å². The van der Waals surface area contributed by atoms with Crippen molar-refractivity contribution >= 4 is 5.71 Å². The number of nitrogens with one attached hydrogen (secondary N) is 1. The summed E-state index contributed by atoms with van der Waals surface area (Å²) in [5, 5.41) is 3.40. The molecule has 0 spiro atoms. The van der Waals surface area contributed by atoms with E-state index in [9.17, 15) is 0 Å². The van der Waals surface area contributed by atoms with Crippen molar-refractivity contribution in [3.8, 4) is 0 Å². The minimum Gasteiger partial charge on any atom is -0.370 e. The van der Waals surface area contributed by atoms with Gasteiger partial charge in [-0.1, -0.05) is 26.3 Å². The van der Waals surface area contributed by atoms with Crippen molar-refractivity contribution in [2.24, 2.45) is 4.99 Å². The Labute approximate surface area is 93.2 Å². The van der Waals surface area contributed by atoms with E-state index < -0.39 is 0 Å². The standard InChI is InChI=1S/C13H22N2/c1-4-7-12-9-6-8-11(3)13(15-12)14-10-5-2/h6,9,14H,4-5,7-8,10H2,1-3H3. The molecule has 2 nitrogen and oxygen atoms in total. The van der Waals surface area contributed by atoms with E-state index in [-0.39, 0.29) is 0 Å². The number of aliphatic imine (C=N–C) groups is 1. The molecule has 0 saturated heterocycles. The third-order valence-electron chi connectivity index (χ3n) is 2.44. The van der Waals surface area contributed by atoms with Gasteiger partial charge in [0, 0.05) is 12.3 Å². The first-order valence-corrected chi connectivity index (χ1v) is 5.95. The largest absolute Gasteiger partial charge is 0.370 e. The summed E-state index contributed by atoms with van der Waals surface area (Å²) in [7, 11) is 0. The van der Waals surface area contributed by atoms with Gasteiger partial charge in [-0.05, 0) is 37.8 Å². The molecular weight excluding hydrogens is 184 g/mol. The van der Waals surface area contributed by atoms with Gasteiger partial charge in [0.1, 0.15) is 5.82 Å². The zero-order valence-electron chi connectivity index (χ0n) is 10.1. The van der Waals surface area contributed by atoms with E-state index >= 15 is 0 Å². The lowest BCUT2D eigenvalue weighted by molar-refractivity contribution is 0.748. The van der Waals surface area contributed by atoms with Crippen LogP contribution in [-0.2, 0) is 0 Å². The van der Waals surface area contributed by atoms with Crippen LogP contribution in [0.15, 0.2) is 28.5 Å². The van der Waals surface area contributed by atoms with Crippen LogP contribution in [0.3, 0.4) is 0 Å². The lowest BCUT2D eigenvalue weighted by atomic mass is 10.2. The van der Waals surface area contributed by atoms with Crippen molar-refractivity contribution < 1.29 is 0 Å². The van der Waals surface area contributed by atoms with E-state index in [2.05, 4.69) is 43.2 Å². The molecule has 0 aliphatic carbocycles. The van der Waals surface area contributed by atoms with Gasteiger partial charge in [-0.2, -0.15) is 0 Å². The van der Waals surface area contributed by atoms with Crippen molar-refractivity contribution in [3.63, 3.8) is 0 Å². The Morgan fingerprint density at radius 3 is 2.80 bits per heavy atom. The fourth-order valence-electron chi connectivity index (χ4n) is 1.57. The van der Waals surface area contributed by atoms with Crippen LogP contribution in [0.4, 0.5) is 0 Å². The van der Waals surface area contributed by atoms with Crippen molar-refractivity contribution in [3.05, 3.63) is 23.5 Å². The van der Waals surface area contributed by atoms with Crippen molar-refractivity contribution in [1.82, 2.24) is 5.32 Å². The average molecular weight is 206 g/mol. The van der Waals surface area contributed by atoms with Crippen LogP contribution in [0, 0.1) is 0 Å². The molecule has 1 N–H and O–H groups in total. The number of rotatable bonds is 5. The Hall–Kier alpha value is -1.05. The van der Waals surface area contributed by atoms with Gasteiger partial charge in [0.15, 0.2) is 0 Å². The van der Waals surface area contributed by atoms with Crippen LogP contribution in [-0.4, -0.2) is 12.3 Å². The van der Waals surface area contributed by atoms with E-state index in [1.165, 1.54) is 11.3 Å². The van der Waals surface area contributed by atoms with Gasteiger partial charge >= 0.3 is 0 Å². The molecular formula is C13H22N2. The molecule has 0 bridgehead atoms. The molecule has 15 heavy (non-hydrogen) atoms. The van der Waals surface area contributed by atoms with E-state index in [1.807, 2.05) is 0 Å². The normalized spacial score (nSPS) is 16.3. The minimum atomic E-state index is 1.01. The van der Waals surface area contributed by atoms with Crippen molar-refractivity contribution in [2.75, 3.05) is 6.54 Å². The Morgan fingerprint density at radius 2 is 2.13 bits per heavy atom. The third kappa shape index (κ3) is 3.90. The Kier molecular flexibility index (Phi) is 5.16. The highest BCUT2D eigenvalue weighted by molar-refractivity contribution is 5.95. The second-order valence-corrected chi connectivity index (χ2v) is 4.02. The number of allylic oxidation sites excluding steroid dienone is 3. The number of hydrogen-bond donors (Lipinski definition) is 1. The molecule has 2 heteroatoms. The molecule has 0 radical (unpaired) electrons. The summed E-state index contributed by atoms with van der Waals surface area (Å²) in [6, 6.07) is 0. The predicted octanol–water partition coefficient (Wildman–Crippen LogP) is 3.42. The van der Waals surface area contributed by atoms with Gasteiger partial charge < -0.3 is 5.32 Å². The Morgan fingerprint density at radius 1 is 1.33 bits per heavy atom. The number of hydrogen-bond acceptors (Lipinski definition) is 2. The Bertz CT molecular complexity index is 285. The Balaban J connectivity index is 2.75. The molecule has 0 fully saturated rings. The molecule has 0 aromatic rings. The summed E-state index contributed by atoms with van der Waals surface area (Å²) in [5.74, 6) is 1.09. The van der Waals surface area contributed by atoms with Gasteiger partial charge in [-0.3, -0.25) is 0 Å². The molecule has 1 aliphatic rings. The zero-order chi connectivity index (χ0) is 11.1. The van der Waals surface area contributed by atoms with Gasteiger partial charge in [0.25, 0.3) is 0 Å². The molecule has 1 aliphatic heterocycles. The van der Waals surface area contributed by atoms with Gasteiger partial charge in [0.05, 0.1) is 0 Å². The fraction of sp³-hybridized carbons (Fsp3) is 0.615. The van der Waals surface area contributed by atoms with Crippen LogP contribution in [0.5, 0.6) is 0 Å². The van der Waals surface area contributed by atoms with Gasteiger partial charge in [-0.25, -0.2) is 4.99 Å². The van der Waals surface area contributed by atoms with Crippen LogP contribution < -0.4 is 5.32 Å². The molecule has 1 heterocycles. The van der Waals surface area contributed by atoms with E-state index in [0.717, 1.165) is 38.0 Å². The smallest absolute Gasteiger partial charge is 0.125 e. The molecule has 0 amide bonds. The van der Waals surface area contributed by atoms with E-state index in [1.54, 1.807) is 0 Å². The molecule has 0 saturated carbocycles. The zero-order valence-corrected chi connectivity index (χ0v) is 10.1. The second-order valence-electron chi connectivity index (χ2n) is 4.02. The molecule has 0 aromatic carbocycles. The summed E-state index contributed by atoms with van der Waals surface area (Å²) < 4.78 is 0. The lowest BCUT2D eigenvalue weighted by Crippen LogP contribution is -2.15. The van der Waals surface area contributed by atoms with Gasteiger partial charge in [0.2, 0.25) is 0 Å². The lowest BCUT2D eigenvalue weighted by Gasteiger charge is -2.08. The maximum atomic E-state index is 4.68. The van der Waals surface area contributed by atoms with Crippen molar-refractivity contribution in [1.29, 1.82) is 0 Å². The summed E-state index contributed by atoms with van der Waals surface area (Å²) in [6.07, 6.45) is 8.76. The summed E-state index contributed by atoms with van der Waals surface area (Å²) in [6.45, 7) is 7.53. The quantitative estimate of drug-likeness (QED) is 0.732. The monoisotopic (exact) mass is 206 g/mol. The number of nitrogens with zero attached hydrogens (tertiary/aromatic N) is 1. The van der Waals surface area contributed by atoms with Crippen LogP contribution in [0.1, 0.15) is 46.5 Å². The van der Waals surface area contributed by atoms with Gasteiger partial charge in [-0.15, -0.1) is 0 Å². The molecule has 0 atom stereocenters. The highest BCUT2D eigenvalue weighted by Crippen LogP contribution is 2.13. The first kappa shape index (κ1) is 12.0. The highest BCUT2D eigenvalue weighted by Gasteiger charge is 2.04.